The highest BCUT2D eigenvalue weighted by molar-refractivity contribution is 5.84. The van der Waals surface area contributed by atoms with Crippen molar-refractivity contribution in [2.75, 3.05) is 26.8 Å². The summed E-state index contributed by atoms with van der Waals surface area (Å²) in [6.45, 7) is 6.66. The minimum Gasteiger partial charge on any atom is -0.450 e. The van der Waals surface area contributed by atoms with Gasteiger partial charge in [0, 0.05) is 31.7 Å². The highest BCUT2D eigenvalue weighted by atomic mass is 16.6. The molecule has 0 aromatic rings. The van der Waals surface area contributed by atoms with Crippen molar-refractivity contribution in [3.8, 4) is 0 Å². The number of rotatable bonds is 7. The molecule has 0 aromatic carbocycles. The van der Waals surface area contributed by atoms with Crippen molar-refractivity contribution in [3.05, 3.63) is 0 Å². The Labute approximate surface area is 181 Å². The van der Waals surface area contributed by atoms with Crippen LogP contribution >= 0.6 is 0 Å². The van der Waals surface area contributed by atoms with Crippen LogP contribution in [-0.4, -0.2) is 72.7 Å². The molecule has 6 heteroatoms. The zero-order valence-electron chi connectivity index (χ0n) is 19.1. The predicted octanol–water partition coefficient (Wildman–Crippen LogP) is 4.01. The summed E-state index contributed by atoms with van der Waals surface area (Å²) in [7, 11) is 1.71. The number of ketones is 1. The van der Waals surface area contributed by atoms with Crippen LogP contribution in [0.25, 0.3) is 0 Å². The van der Waals surface area contributed by atoms with Crippen molar-refractivity contribution < 1.29 is 19.1 Å². The van der Waals surface area contributed by atoms with Crippen LogP contribution in [0.15, 0.2) is 0 Å². The quantitative estimate of drug-likeness (QED) is 0.623. The molecular weight excluding hydrogens is 380 g/mol. The molecule has 2 bridgehead atoms. The Morgan fingerprint density at radius 1 is 1.03 bits per heavy atom. The third-order valence-electron chi connectivity index (χ3n) is 8.44. The molecule has 3 aliphatic heterocycles. The highest BCUT2D eigenvalue weighted by Gasteiger charge is 2.46. The average molecular weight is 421 g/mol. The normalized spacial score (nSPS) is 32.5. The monoisotopic (exact) mass is 420 g/mol. The fraction of sp³-hybridized carbons (Fsp3) is 0.917. The predicted molar refractivity (Wildman–Crippen MR) is 115 cm³/mol. The van der Waals surface area contributed by atoms with Crippen LogP contribution in [0.3, 0.4) is 0 Å². The minimum atomic E-state index is -0.230. The zero-order chi connectivity index (χ0) is 21.3. The fourth-order valence-corrected chi connectivity index (χ4v) is 6.60. The van der Waals surface area contributed by atoms with E-state index in [4.69, 9.17) is 9.47 Å². The number of likely N-dealkylation sites (tertiary alicyclic amines) is 1. The van der Waals surface area contributed by atoms with Crippen LogP contribution in [-0.2, 0) is 14.3 Å². The minimum absolute atomic E-state index is 0.122. The van der Waals surface area contributed by atoms with Crippen LogP contribution in [0, 0.1) is 11.3 Å². The van der Waals surface area contributed by atoms with Gasteiger partial charge < -0.3 is 19.3 Å². The summed E-state index contributed by atoms with van der Waals surface area (Å²) in [6.07, 6.45) is 10.4. The van der Waals surface area contributed by atoms with Crippen molar-refractivity contribution in [1.82, 2.24) is 9.80 Å². The van der Waals surface area contributed by atoms with Gasteiger partial charge in [0.15, 0.2) is 5.78 Å². The van der Waals surface area contributed by atoms with Gasteiger partial charge in [-0.2, -0.15) is 0 Å². The molecule has 0 radical (unpaired) electrons. The number of carbonyl (C=O) groups excluding carboxylic acids is 2. The van der Waals surface area contributed by atoms with Gasteiger partial charge in [0.05, 0.1) is 6.61 Å². The standard InChI is InChI=1S/C24H40N2O4/c1-4-30-23(28)26-18-6-7-19(26)15-20(14-18)25-12-8-17(9-13-25)22(29-3)21(27)16-24(2)10-5-11-24/h17-20,22H,4-16H2,1-3H3. The molecule has 3 unspecified atom stereocenters. The molecule has 6 nitrogen and oxygen atoms in total. The van der Waals surface area contributed by atoms with Gasteiger partial charge in [0.1, 0.15) is 6.10 Å². The van der Waals surface area contributed by atoms with Crippen molar-refractivity contribution >= 4 is 11.9 Å². The Balaban J connectivity index is 1.28. The molecule has 4 fully saturated rings. The maximum Gasteiger partial charge on any atom is 0.410 e. The maximum absolute atomic E-state index is 12.9. The molecule has 0 aromatic heterocycles. The third kappa shape index (κ3) is 4.40. The number of carbonyl (C=O) groups is 2. The van der Waals surface area contributed by atoms with Crippen molar-refractivity contribution in [3.63, 3.8) is 0 Å². The Morgan fingerprint density at radius 3 is 2.17 bits per heavy atom. The Kier molecular flexibility index (Phi) is 6.73. The van der Waals surface area contributed by atoms with E-state index in [9.17, 15) is 9.59 Å². The molecule has 4 rings (SSSR count). The van der Waals surface area contributed by atoms with Crippen LogP contribution in [0.5, 0.6) is 0 Å². The van der Waals surface area contributed by atoms with E-state index in [0.29, 0.717) is 42.9 Å². The Bertz CT molecular complexity index is 613. The van der Waals surface area contributed by atoms with Crippen molar-refractivity contribution in [1.29, 1.82) is 0 Å². The molecule has 3 heterocycles. The second kappa shape index (κ2) is 9.15. The lowest BCUT2D eigenvalue weighted by Crippen LogP contribution is -2.54. The van der Waals surface area contributed by atoms with E-state index in [1.807, 2.05) is 11.8 Å². The first kappa shape index (κ1) is 22.1. The summed E-state index contributed by atoms with van der Waals surface area (Å²) in [4.78, 5) is 29.9. The second-order valence-electron chi connectivity index (χ2n) is 10.5. The van der Waals surface area contributed by atoms with Gasteiger partial charge >= 0.3 is 6.09 Å². The zero-order valence-corrected chi connectivity index (χ0v) is 19.1. The van der Waals surface area contributed by atoms with Gasteiger partial charge in [-0.05, 0) is 82.7 Å². The van der Waals surface area contributed by atoms with Crippen LogP contribution in [0.1, 0.15) is 78.1 Å². The summed E-state index contributed by atoms with van der Waals surface area (Å²) >= 11 is 0. The number of nitrogens with zero attached hydrogens (tertiary/aromatic N) is 2. The smallest absolute Gasteiger partial charge is 0.410 e. The molecule has 3 atom stereocenters. The number of ether oxygens (including phenoxy) is 2. The number of methoxy groups -OCH3 is 1. The van der Waals surface area contributed by atoms with Crippen LogP contribution in [0.2, 0.25) is 0 Å². The number of fused-ring (bicyclic) bond motifs is 2. The van der Waals surface area contributed by atoms with Gasteiger partial charge in [-0.1, -0.05) is 13.3 Å². The summed E-state index contributed by atoms with van der Waals surface area (Å²) in [6, 6.07) is 1.23. The third-order valence-corrected chi connectivity index (χ3v) is 8.44. The van der Waals surface area contributed by atoms with Gasteiger partial charge in [0.25, 0.3) is 0 Å². The van der Waals surface area contributed by atoms with E-state index in [1.54, 1.807) is 7.11 Å². The van der Waals surface area contributed by atoms with E-state index in [0.717, 1.165) is 51.6 Å². The molecule has 0 N–H and O–H groups in total. The molecule has 1 saturated carbocycles. The summed E-state index contributed by atoms with van der Waals surface area (Å²) in [5.41, 5.74) is 0.223. The molecule has 1 aliphatic carbocycles. The largest absolute Gasteiger partial charge is 0.450 e. The lowest BCUT2D eigenvalue weighted by Gasteiger charge is -2.45. The number of piperidine rings is 2. The van der Waals surface area contributed by atoms with E-state index < -0.39 is 0 Å². The SMILES string of the molecule is CCOC(=O)N1C2CCC1CC(N1CCC(C(OC)C(=O)CC3(C)CCC3)CC1)C2. The van der Waals surface area contributed by atoms with Gasteiger partial charge in [0.2, 0.25) is 0 Å². The highest BCUT2D eigenvalue weighted by Crippen LogP contribution is 2.44. The molecule has 1 amide bonds. The van der Waals surface area contributed by atoms with Crippen molar-refractivity contribution in [2.24, 2.45) is 11.3 Å². The van der Waals surface area contributed by atoms with E-state index in [1.165, 1.54) is 19.3 Å². The molecule has 30 heavy (non-hydrogen) atoms. The molecular formula is C24H40N2O4. The van der Waals surface area contributed by atoms with E-state index in [2.05, 4.69) is 11.8 Å². The number of Topliss-reactive ketones (excluding diaryl/α,β-unsaturated/α-hetero) is 1. The van der Waals surface area contributed by atoms with Crippen LogP contribution < -0.4 is 0 Å². The lowest BCUT2D eigenvalue weighted by atomic mass is 9.66. The van der Waals surface area contributed by atoms with E-state index >= 15 is 0 Å². The summed E-state index contributed by atoms with van der Waals surface area (Å²) < 4.78 is 11.0. The summed E-state index contributed by atoms with van der Waals surface area (Å²) in [5.74, 6) is 0.665. The van der Waals surface area contributed by atoms with Crippen LogP contribution in [0.4, 0.5) is 4.79 Å². The van der Waals surface area contributed by atoms with Gasteiger partial charge in [-0.15, -0.1) is 0 Å². The number of amides is 1. The average Bonchev–Trinajstić information content (AvgIpc) is 2.98. The van der Waals surface area contributed by atoms with Gasteiger partial charge in [-0.3, -0.25) is 4.79 Å². The first-order valence-electron chi connectivity index (χ1n) is 12.2. The van der Waals surface area contributed by atoms with Crippen molar-refractivity contribution in [2.45, 2.75) is 102 Å². The molecule has 0 spiro atoms. The molecule has 3 saturated heterocycles. The maximum atomic E-state index is 12.9. The topological polar surface area (TPSA) is 59.1 Å². The fourth-order valence-electron chi connectivity index (χ4n) is 6.60. The number of hydrogen-bond acceptors (Lipinski definition) is 5. The molecule has 4 aliphatic rings. The Morgan fingerprint density at radius 2 is 1.67 bits per heavy atom. The Hall–Kier alpha value is -1.14. The first-order valence-corrected chi connectivity index (χ1v) is 12.2. The molecule has 170 valence electrons. The summed E-state index contributed by atoms with van der Waals surface area (Å²) in [5, 5.41) is 0. The van der Waals surface area contributed by atoms with Gasteiger partial charge in [-0.25, -0.2) is 4.79 Å². The lowest BCUT2D eigenvalue weighted by molar-refractivity contribution is -0.137. The van der Waals surface area contributed by atoms with E-state index in [-0.39, 0.29) is 17.6 Å². The first-order chi connectivity index (χ1) is 14.4. The number of hydrogen-bond donors (Lipinski definition) is 0. The second-order valence-corrected chi connectivity index (χ2v) is 10.5.